The van der Waals surface area contributed by atoms with Crippen LogP contribution in [-0.4, -0.2) is 23.7 Å². The fraction of sp³-hybridized carbons (Fsp3) is 0.550. The highest BCUT2D eigenvalue weighted by Crippen LogP contribution is 2.32. The van der Waals surface area contributed by atoms with E-state index in [0.717, 1.165) is 31.1 Å². The number of pyridine rings is 2. The first-order chi connectivity index (χ1) is 12.5. The average Bonchev–Trinajstić information content (AvgIpc) is 2.61. The summed E-state index contributed by atoms with van der Waals surface area (Å²) in [4.78, 5) is 28.9. The van der Waals surface area contributed by atoms with Gasteiger partial charge in [0.2, 0.25) is 0 Å². The average molecular weight is 371 g/mol. The molecule has 0 N–H and O–H groups in total. The largest absolute Gasteiger partial charge is 0.311 e. The van der Waals surface area contributed by atoms with Crippen molar-refractivity contribution >= 4 is 36.6 Å². The highest BCUT2D eigenvalue weighted by atomic mass is 35.5. The number of aryl methyl sites for hydroxylation is 1. The third-order valence-electron chi connectivity index (χ3n) is 5.61. The van der Waals surface area contributed by atoms with E-state index in [1.807, 2.05) is 0 Å². The fourth-order valence-corrected chi connectivity index (χ4v) is 4.26. The predicted molar refractivity (Wildman–Crippen MR) is 106 cm³/mol. The van der Waals surface area contributed by atoms with Gasteiger partial charge in [-0.3, -0.25) is 9.59 Å². The Labute approximate surface area is 160 Å². The maximum absolute atomic E-state index is 13.2. The van der Waals surface area contributed by atoms with Crippen LogP contribution in [0, 0.1) is 6.92 Å². The van der Waals surface area contributed by atoms with E-state index in [1.165, 1.54) is 19.3 Å². The van der Waals surface area contributed by atoms with Gasteiger partial charge in [-0.15, -0.1) is 0 Å². The van der Waals surface area contributed by atoms with E-state index in [9.17, 15) is 9.59 Å². The van der Waals surface area contributed by atoms with Crippen molar-refractivity contribution in [1.29, 1.82) is 0 Å². The quantitative estimate of drug-likeness (QED) is 0.444. The normalized spacial score (nSPS) is 18.5. The number of carbonyl (C=O) groups excluding carboxylic acids is 1. The van der Waals surface area contributed by atoms with Gasteiger partial charge < -0.3 is 4.57 Å². The van der Waals surface area contributed by atoms with E-state index in [2.05, 4.69) is 4.98 Å². The minimum Gasteiger partial charge on any atom is -0.311 e. The molecular formula is C20H24BClN2O2. The molecule has 0 atom stereocenters. The van der Waals surface area contributed by atoms with Crippen LogP contribution in [-0.2, 0) is 5.44 Å². The molecule has 1 aliphatic rings. The minimum absolute atomic E-state index is 0.156. The van der Waals surface area contributed by atoms with Crippen LogP contribution in [0.5, 0.6) is 0 Å². The zero-order valence-corrected chi connectivity index (χ0v) is 16.0. The summed E-state index contributed by atoms with van der Waals surface area (Å²) in [6.45, 7) is 1.77. The molecule has 0 bridgehead atoms. The molecule has 0 saturated heterocycles. The number of hydrogen-bond donors (Lipinski definition) is 0. The second-order valence-electron chi connectivity index (χ2n) is 7.40. The number of fused-ring (bicyclic) bond motifs is 1. The molecule has 2 aromatic heterocycles. The maximum atomic E-state index is 13.2. The van der Waals surface area contributed by atoms with Gasteiger partial charge in [0, 0.05) is 17.0 Å². The predicted octanol–water partition coefficient (Wildman–Crippen LogP) is 4.52. The first-order valence-electron chi connectivity index (χ1n) is 9.43. The Morgan fingerprint density at radius 3 is 2.31 bits per heavy atom. The summed E-state index contributed by atoms with van der Waals surface area (Å²) in [5.74, 6) is 0. The van der Waals surface area contributed by atoms with Crippen LogP contribution in [0.3, 0.4) is 0 Å². The van der Waals surface area contributed by atoms with E-state index in [1.54, 1.807) is 23.8 Å². The molecule has 26 heavy (non-hydrogen) atoms. The van der Waals surface area contributed by atoms with Crippen molar-refractivity contribution in [3.63, 3.8) is 0 Å². The number of halogens is 1. The third-order valence-corrected chi connectivity index (χ3v) is 5.82. The number of aromatic nitrogens is 2. The second kappa shape index (κ2) is 7.95. The molecule has 1 aliphatic carbocycles. The Hall–Kier alpha value is -1.62. The molecule has 0 amide bonds. The molecule has 0 unspecified atom stereocenters. The molecule has 2 aromatic rings. The topological polar surface area (TPSA) is 52.0 Å². The molecule has 6 heteroatoms. The number of rotatable bonds is 2. The fourth-order valence-electron chi connectivity index (χ4n) is 4.11. The lowest BCUT2D eigenvalue weighted by molar-refractivity contribution is 0.112. The van der Waals surface area contributed by atoms with Gasteiger partial charge in [-0.1, -0.05) is 56.5 Å². The summed E-state index contributed by atoms with van der Waals surface area (Å²) in [6, 6.07) is 1.69. The SMILES string of the molecule is [B]C1(n2c(=O)c(C=O)c(C)c3cnc(Cl)cc32)CCCCCCCCC1. The van der Waals surface area contributed by atoms with Gasteiger partial charge in [0.05, 0.1) is 11.1 Å². The molecule has 1 saturated carbocycles. The van der Waals surface area contributed by atoms with Gasteiger partial charge in [0.15, 0.2) is 6.29 Å². The smallest absolute Gasteiger partial charge is 0.261 e. The third kappa shape index (κ3) is 3.59. The Morgan fingerprint density at radius 1 is 1.15 bits per heavy atom. The van der Waals surface area contributed by atoms with Gasteiger partial charge >= 0.3 is 0 Å². The van der Waals surface area contributed by atoms with Gasteiger partial charge in [0.25, 0.3) is 5.56 Å². The molecule has 0 spiro atoms. The van der Waals surface area contributed by atoms with Crippen LogP contribution >= 0.6 is 11.6 Å². The zero-order chi connectivity index (χ0) is 18.7. The van der Waals surface area contributed by atoms with Crippen LogP contribution in [0.1, 0.15) is 73.7 Å². The van der Waals surface area contributed by atoms with Crippen molar-refractivity contribution < 1.29 is 4.79 Å². The van der Waals surface area contributed by atoms with Gasteiger partial charge in [-0.05, 0) is 31.4 Å². The summed E-state index contributed by atoms with van der Waals surface area (Å²) < 4.78 is 1.62. The highest BCUT2D eigenvalue weighted by Gasteiger charge is 2.30. The van der Waals surface area contributed by atoms with Crippen LogP contribution in [0.25, 0.3) is 10.9 Å². The van der Waals surface area contributed by atoms with Crippen molar-refractivity contribution in [2.75, 3.05) is 0 Å². The van der Waals surface area contributed by atoms with Crippen molar-refractivity contribution in [2.24, 2.45) is 0 Å². The molecule has 2 radical (unpaired) electrons. The standard InChI is InChI=1S/C20H24BClN2O2/c1-14-15-12-23-18(22)11-17(15)24(19(26)16(14)13-25)20(21)9-7-5-3-2-4-6-8-10-20/h11-13H,2-10H2,1H3. The second-order valence-corrected chi connectivity index (χ2v) is 7.79. The Balaban J connectivity index is 2.25. The first-order valence-corrected chi connectivity index (χ1v) is 9.81. The summed E-state index contributed by atoms with van der Waals surface area (Å²) >= 11 is 6.12. The summed E-state index contributed by atoms with van der Waals surface area (Å²) in [6.07, 6.45) is 11.5. The lowest BCUT2D eigenvalue weighted by Gasteiger charge is -2.35. The van der Waals surface area contributed by atoms with Crippen LogP contribution in [0.15, 0.2) is 17.1 Å². The molecule has 3 rings (SSSR count). The van der Waals surface area contributed by atoms with Gasteiger partial charge in [0.1, 0.15) is 13.0 Å². The van der Waals surface area contributed by atoms with E-state index in [0.29, 0.717) is 35.4 Å². The molecule has 1 fully saturated rings. The summed E-state index contributed by atoms with van der Waals surface area (Å²) in [7, 11) is 6.84. The molecular weight excluding hydrogens is 346 g/mol. The molecule has 2 heterocycles. The molecule has 0 aliphatic heterocycles. The number of aldehydes is 1. The van der Waals surface area contributed by atoms with Gasteiger partial charge in [-0.25, -0.2) is 4.98 Å². The molecule has 136 valence electrons. The van der Waals surface area contributed by atoms with E-state index in [4.69, 9.17) is 19.4 Å². The Kier molecular flexibility index (Phi) is 5.86. The van der Waals surface area contributed by atoms with Crippen molar-refractivity contribution in [3.8, 4) is 0 Å². The lowest BCUT2D eigenvalue weighted by atomic mass is 9.69. The Bertz CT molecular complexity index is 868. The summed E-state index contributed by atoms with van der Waals surface area (Å²) in [5, 5.41) is 1.06. The van der Waals surface area contributed by atoms with Crippen molar-refractivity contribution in [1.82, 2.24) is 9.55 Å². The molecule has 4 nitrogen and oxygen atoms in total. The number of nitrogens with zero attached hydrogens (tertiary/aromatic N) is 2. The first kappa shape index (κ1) is 19.2. The van der Waals surface area contributed by atoms with Crippen molar-refractivity contribution in [2.45, 2.75) is 70.1 Å². The molecule has 0 aromatic carbocycles. The van der Waals surface area contributed by atoms with E-state index >= 15 is 0 Å². The van der Waals surface area contributed by atoms with Crippen molar-refractivity contribution in [3.05, 3.63) is 38.9 Å². The Morgan fingerprint density at radius 2 is 1.73 bits per heavy atom. The lowest BCUT2D eigenvalue weighted by Crippen LogP contribution is -2.43. The monoisotopic (exact) mass is 370 g/mol. The van der Waals surface area contributed by atoms with E-state index in [-0.39, 0.29) is 11.1 Å². The zero-order valence-electron chi connectivity index (χ0n) is 15.3. The van der Waals surface area contributed by atoms with Crippen LogP contribution in [0.4, 0.5) is 0 Å². The highest BCUT2D eigenvalue weighted by molar-refractivity contribution is 6.30. The van der Waals surface area contributed by atoms with Gasteiger partial charge in [-0.2, -0.15) is 0 Å². The number of carbonyl (C=O) groups is 1. The maximum Gasteiger partial charge on any atom is 0.261 e. The van der Waals surface area contributed by atoms with Crippen LogP contribution in [0.2, 0.25) is 5.15 Å². The number of hydrogen-bond acceptors (Lipinski definition) is 3. The minimum atomic E-state index is -0.817. The summed E-state index contributed by atoms with van der Waals surface area (Å²) in [5.41, 5.74) is 0.305. The van der Waals surface area contributed by atoms with Crippen LogP contribution < -0.4 is 5.56 Å². The van der Waals surface area contributed by atoms with E-state index < -0.39 is 5.44 Å².